The topological polar surface area (TPSA) is 88.6 Å². The number of aromatic nitrogens is 2. The lowest BCUT2D eigenvalue weighted by Gasteiger charge is -2.26. The molecular formula is C16H19N5O3. The second-order valence-corrected chi connectivity index (χ2v) is 5.18. The lowest BCUT2D eigenvalue weighted by Crippen LogP contribution is -2.37. The highest BCUT2D eigenvalue weighted by Crippen LogP contribution is 2.17. The summed E-state index contributed by atoms with van der Waals surface area (Å²) in [7, 11) is 1.58. The Balaban J connectivity index is 1.57. The fourth-order valence-corrected chi connectivity index (χ4v) is 2.31. The molecule has 0 spiro atoms. The first-order valence-electron chi connectivity index (χ1n) is 7.61. The Morgan fingerprint density at radius 1 is 1.17 bits per heavy atom. The molecule has 2 N–H and O–H groups in total. The quantitative estimate of drug-likeness (QED) is 0.891. The molecule has 0 aliphatic carbocycles. The number of carbonyl (C=O) groups excluding carboxylic acids is 1. The summed E-state index contributed by atoms with van der Waals surface area (Å²) in [6, 6.07) is 6.75. The van der Waals surface area contributed by atoms with Gasteiger partial charge in [0, 0.05) is 24.8 Å². The third kappa shape index (κ3) is 4.11. The number of methoxy groups -OCH3 is 1. The van der Waals surface area contributed by atoms with E-state index in [1.54, 1.807) is 43.8 Å². The van der Waals surface area contributed by atoms with Crippen molar-refractivity contribution in [1.29, 1.82) is 0 Å². The summed E-state index contributed by atoms with van der Waals surface area (Å²) in [6.07, 6.45) is 3.17. The fourth-order valence-electron chi connectivity index (χ4n) is 2.31. The molecule has 2 aromatic rings. The number of benzene rings is 1. The highest BCUT2D eigenvalue weighted by molar-refractivity contribution is 5.99. The zero-order valence-electron chi connectivity index (χ0n) is 13.4. The van der Waals surface area contributed by atoms with Crippen LogP contribution in [-0.4, -0.2) is 49.4 Å². The summed E-state index contributed by atoms with van der Waals surface area (Å²) in [5, 5.41) is 5.43. The van der Waals surface area contributed by atoms with Crippen LogP contribution in [0, 0.1) is 0 Å². The number of morpholine rings is 1. The Labute approximate surface area is 139 Å². The number of nitrogens with zero attached hydrogens (tertiary/aromatic N) is 3. The van der Waals surface area contributed by atoms with E-state index in [4.69, 9.17) is 9.47 Å². The first-order valence-corrected chi connectivity index (χ1v) is 7.61. The average molecular weight is 329 g/mol. The number of hydrogen-bond donors (Lipinski definition) is 2. The van der Waals surface area contributed by atoms with Crippen molar-refractivity contribution < 1.29 is 14.3 Å². The van der Waals surface area contributed by atoms with Crippen molar-refractivity contribution in [1.82, 2.24) is 9.97 Å². The number of amides is 2. The first kappa shape index (κ1) is 16.0. The Bertz CT molecular complexity index is 686. The van der Waals surface area contributed by atoms with E-state index in [0.717, 1.165) is 13.1 Å². The van der Waals surface area contributed by atoms with Crippen LogP contribution in [0.1, 0.15) is 0 Å². The number of urea groups is 1. The van der Waals surface area contributed by atoms with Gasteiger partial charge in [0.25, 0.3) is 0 Å². The van der Waals surface area contributed by atoms with Crippen molar-refractivity contribution in [3.05, 3.63) is 36.7 Å². The summed E-state index contributed by atoms with van der Waals surface area (Å²) in [5.41, 5.74) is 1.16. The number of nitrogens with one attached hydrogen (secondary N) is 2. The molecule has 126 valence electrons. The normalized spacial score (nSPS) is 14.1. The highest BCUT2D eigenvalue weighted by Gasteiger charge is 2.13. The molecule has 1 aliphatic rings. The maximum atomic E-state index is 12.0. The van der Waals surface area contributed by atoms with Gasteiger partial charge in [-0.1, -0.05) is 6.07 Å². The van der Waals surface area contributed by atoms with Crippen molar-refractivity contribution in [2.24, 2.45) is 0 Å². The molecule has 1 aromatic carbocycles. The SMILES string of the molecule is COc1cccc(NC(=O)Nc2cnc(N3CCOCC3)nc2)c1. The molecular weight excluding hydrogens is 310 g/mol. The van der Waals surface area contributed by atoms with Gasteiger partial charge in [-0.3, -0.25) is 0 Å². The predicted octanol–water partition coefficient (Wildman–Crippen LogP) is 1.97. The van der Waals surface area contributed by atoms with Gasteiger partial charge in [-0.2, -0.15) is 0 Å². The van der Waals surface area contributed by atoms with Crippen LogP contribution in [-0.2, 0) is 4.74 Å². The molecule has 1 fully saturated rings. The largest absolute Gasteiger partial charge is 0.497 e. The number of rotatable bonds is 4. The highest BCUT2D eigenvalue weighted by atomic mass is 16.5. The Morgan fingerprint density at radius 3 is 2.58 bits per heavy atom. The van der Waals surface area contributed by atoms with Crippen molar-refractivity contribution in [2.75, 3.05) is 48.9 Å². The lowest BCUT2D eigenvalue weighted by molar-refractivity contribution is 0.122. The van der Waals surface area contributed by atoms with E-state index in [1.807, 2.05) is 4.90 Å². The summed E-state index contributed by atoms with van der Waals surface area (Å²) in [4.78, 5) is 22.6. The monoisotopic (exact) mass is 329 g/mol. The minimum Gasteiger partial charge on any atom is -0.497 e. The van der Waals surface area contributed by atoms with Crippen molar-refractivity contribution in [3.8, 4) is 5.75 Å². The van der Waals surface area contributed by atoms with Gasteiger partial charge < -0.3 is 25.0 Å². The van der Waals surface area contributed by atoms with Crippen LogP contribution in [0.25, 0.3) is 0 Å². The van der Waals surface area contributed by atoms with Gasteiger partial charge >= 0.3 is 6.03 Å². The minimum absolute atomic E-state index is 0.369. The molecule has 8 nitrogen and oxygen atoms in total. The molecule has 3 rings (SSSR count). The number of hydrogen-bond acceptors (Lipinski definition) is 6. The van der Waals surface area contributed by atoms with E-state index in [9.17, 15) is 4.79 Å². The maximum absolute atomic E-state index is 12.0. The van der Waals surface area contributed by atoms with Gasteiger partial charge in [0.1, 0.15) is 5.75 Å². The van der Waals surface area contributed by atoms with Crippen molar-refractivity contribution in [3.63, 3.8) is 0 Å². The number of carbonyl (C=O) groups is 1. The second kappa shape index (κ2) is 7.60. The standard InChI is InChI=1S/C16H19N5O3/c1-23-14-4-2-3-12(9-14)19-16(22)20-13-10-17-15(18-11-13)21-5-7-24-8-6-21/h2-4,9-11H,5-8H2,1H3,(H2,19,20,22). The van der Waals surface area contributed by atoms with E-state index in [1.165, 1.54) is 0 Å². The minimum atomic E-state index is -0.369. The Morgan fingerprint density at radius 2 is 1.88 bits per heavy atom. The molecule has 0 bridgehead atoms. The molecule has 0 unspecified atom stereocenters. The zero-order valence-corrected chi connectivity index (χ0v) is 13.4. The summed E-state index contributed by atoms with van der Waals surface area (Å²) in [5.74, 6) is 1.31. The van der Waals surface area contributed by atoms with Gasteiger partial charge in [0.2, 0.25) is 5.95 Å². The molecule has 0 radical (unpaired) electrons. The van der Waals surface area contributed by atoms with Gasteiger partial charge in [-0.05, 0) is 12.1 Å². The van der Waals surface area contributed by atoms with E-state index in [2.05, 4.69) is 20.6 Å². The number of anilines is 3. The summed E-state index contributed by atoms with van der Waals surface area (Å²) in [6.45, 7) is 2.88. The van der Waals surface area contributed by atoms with E-state index < -0.39 is 0 Å². The van der Waals surface area contributed by atoms with Gasteiger partial charge in [-0.15, -0.1) is 0 Å². The van der Waals surface area contributed by atoms with Crippen LogP contribution < -0.4 is 20.3 Å². The van der Waals surface area contributed by atoms with Crippen LogP contribution in [0.15, 0.2) is 36.7 Å². The van der Waals surface area contributed by atoms with Crippen LogP contribution >= 0.6 is 0 Å². The van der Waals surface area contributed by atoms with E-state index >= 15 is 0 Å². The second-order valence-electron chi connectivity index (χ2n) is 5.18. The third-order valence-corrected chi connectivity index (χ3v) is 3.52. The number of ether oxygens (including phenoxy) is 2. The maximum Gasteiger partial charge on any atom is 0.323 e. The molecule has 2 amide bonds. The summed E-state index contributed by atoms with van der Waals surface area (Å²) < 4.78 is 10.4. The smallest absolute Gasteiger partial charge is 0.323 e. The molecule has 1 aromatic heterocycles. The van der Waals surface area contributed by atoms with Crippen LogP contribution in [0.2, 0.25) is 0 Å². The van der Waals surface area contributed by atoms with E-state index in [-0.39, 0.29) is 6.03 Å². The van der Waals surface area contributed by atoms with Gasteiger partial charge in [-0.25, -0.2) is 14.8 Å². The molecule has 24 heavy (non-hydrogen) atoms. The molecule has 2 heterocycles. The van der Waals surface area contributed by atoms with E-state index in [0.29, 0.717) is 36.3 Å². The molecule has 0 atom stereocenters. The fraction of sp³-hybridized carbons (Fsp3) is 0.312. The van der Waals surface area contributed by atoms with Crippen LogP contribution in [0.3, 0.4) is 0 Å². The lowest BCUT2D eigenvalue weighted by atomic mass is 10.3. The molecule has 1 saturated heterocycles. The molecule has 0 saturated carbocycles. The Kier molecular flexibility index (Phi) is 5.07. The van der Waals surface area contributed by atoms with Gasteiger partial charge in [0.15, 0.2) is 0 Å². The van der Waals surface area contributed by atoms with Crippen LogP contribution in [0.4, 0.5) is 22.1 Å². The van der Waals surface area contributed by atoms with Crippen LogP contribution in [0.5, 0.6) is 5.75 Å². The van der Waals surface area contributed by atoms with Crippen molar-refractivity contribution in [2.45, 2.75) is 0 Å². The average Bonchev–Trinajstić information content (AvgIpc) is 2.63. The predicted molar refractivity (Wildman–Crippen MR) is 90.7 cm³/mol. The first-order chi connectivity index (χ1) is 11.7. The van der Waals surface area contributed by atoms with Crippen molar-refractivity contribution >= 4 is 23.4 Å². The summed E-state index contributed by atoms with van der Waals surface area (Å²) >= 11 is 0. The Hall–Kier alpha value is -2.87. The third-order valence-electron chi connectivity index (χ3n) is 3.52. The molecule has 1 aliphatic heterocycles. The zero-order chi connectivity index (χ0) is 16.8. The molecule has 8 heteroatoms. The van der Waals surface area contributed by atoms with Gasteiger partial charge in [0.05, 0.1) is 38.4 Å².